The summed E-state index contributed by atoms with van der Waals surface area (Å²) in [6.07, 6.45) is 3.49. The topological polar surface area (TPSA) is 64.0 Å². The molecule has 2 bridgehead atoms. The van der Waals surface area contributed by atoms with E-state index in [0.717, 1.165) is 6.42 Å². The Bertz CT molecular complexity index is 1240. The Kier molecular flexibility index (Phi) is 4.37. The molecule has 0 radical (unpaired) electrons. The van der Waals surface area contributed by atoms with Gasteiger partial charge < -0.3 is 5.32 Å². The van der Waals surface area contributed by atoms with Gasteiger partial charge in [-0.1, -0.05) is 32.9 Å². The lowest BCUT2D eigenvalue weighted by atomic mass is 9.69. The van der Waals surface area contributed by atoms with E-state index in [4.69, 9.17) is 0 Å². The predicted octanol–water partition coefficient (Wildman–Crippen LogP) is 4.64. The monoisotopic (exact) mass is 415 g/mol. The number of nitrogens with zero attached hydrogens (tertiary/aromatic N) is 2. The summed E-state index contributed by atoms with van der Waals surface area (Å²) in [6, 6.07) is 14.8. The summed E-state index contributed by atoms with van der Waals surface area (Å²) in [5, 5.41) is 3.89. The van der Waals surface area contributed by atoms with Crippen molar-refractivity contribution in [3.63, 3.8) is 0 Å². The summed E-state index contributed by atoms with van der Waals surface area (Å²) >= 11 is 0. The Hall–Kier alpha value is -2.95. The van der Waals surface area contributed by atoms with Crippen LogP contribution in [0.15, 0.2) is 53.3 Å². The highest BCUT2D eigenvalue weighted by molar-refractivity contribution is 5.94. The molecule has 2 aliphatic rings. The maximum absolute atomic E-state index is 13.0. The van der Waals surface area contributed by atoms with Gasteiger partial charge in [0.2, 0.25) is 0 Å². The van der Waals surface area contributed by atoms with Crippen LogP contribution in [0.3, 0.4) is 0 Å². The Balaban J connectivity index is 1.41. The van der Waals surface area contributed by atoms with Gasteiger partial charge in [-0.3, -0.25) is 14.2 Å². The van der Waals surface area contributed by atoms with Crippen molar-refractivity contribution in [1.29, 1.82) is 0 Å². The summed E-state index contributed by atoms with van der Waals surface area (Å²) in [5.41, 5.74) is 2.33. The number of carbonyl (C=O) groups is 1. The van der Waals surface area contributed by atoms with E-state index in [9.17, 15) is 9.59 Å². The van der Waals surface area contributed by atoms with E-state index in [0.29, 0.717) is 33.9 Å². The summed E-state index contributed by atoms with van der Waals surface area (Å²) in [6.45, 7) is 8.86. The molecule has 3 unspecified atom stereocenters. The van der Waals surface area contributed by atoms with Crippen LogP contribution < -0.4 is 10.9 Å². The van der Waals surface area contributed by atoms with E-state index in [1.165, 1.54) is 12.8 Å². The van der Waals surface area contributed by atoms with Gasteiger partial charge in [-0.15, -0.1) is 0 Å². The fourth-order valence-corrected chi connectivity index (χ4v) is 5.97. The molecular formula is C26H29N3O2. The number of aryl methyl sites for hydroxylation is 1. The minimum Gasteiger partial charge on any atom is -0.349 e. The summed E-state index contributed by atoms with van der Waals surface area (Å²) in [7, 11) is 0. The lowest BCUT2D eigenvalue weighted by Crippen LogP contribution is -2.46. The van der Waals surface area contributed by atoms with Gasteiger partial charge in [0.05, 0.1) is 16.6 Å². The second-order valence-corrected chi connectivity index (χ2v) is 10.0. The number of hydrogen-bond acceptors (Lipinski definition) is 3. The summed E-state index contributed by atoms with van der Waals surface area (Å²) in [4.78, 5) is 30.6. The third-order valence-corrected chi connectivity index (χ3v) is 8.43. The Labute approximate surface area is 182 Å². The molecule has 1 aromatic heterocycles. The van der Waals surface area contributed by atoms with Gasteiger partial charge in [0.1, 0.15) is 5.82 Å². The van der Waals surface area contributed by atoms with Crippen LogP contribution in [0.1, 0.15) is 56.2 Å². The van der Waals surface area contributed by atoms with Gasteiger partial charge in [-0.25, -0.2) is 4.98 Å². The van der Waals surface area contributed by atoms with Crippen LogP contribution >= 0.6 is 0 Å². The number of nitrogens with one attached hydrogen (secondary N) is 1. The van der Waals surface area contributed by atoms with Crippen LogP contribution in [-0.2, 0) is 0 Å². The largest absolute Gasteiger partial charge is 0.349 e. The molecule has 1 amide bonds. The second-order valence-electron chi connectivity index (χ2n) is 10.0. The molecule has 1 heterocycles. The van der Waals surface area contributed by atoms with Crippen molar-refractivity contribution in [2.45, 2.75) is 53.0 Å². The fourth-order valence-electron chi connectivity index (χ4n) is 5.97. The van der Waals surface area contributed by atoms with Gasteiger partial charge in [0.15, 0.2) is 0 Å². The highest BCUT2D eigenvalue weighted by Gasteiger charge is 2.61. The Morgan fingerprint density at radius 1 is 1.10 bits per heavy atom. The third-order valence-electron chi connectivity index (χ3n) is 8.43. The number of benzene rings is 2. The minimum atomic E-state index is -0.0996. The lowest BCUT2D eigenvalue weighted by Gasteiger charge is -2.39. The van der Waals surface area contributed by atoms with E-state index >= 15 is 0 Å². The molecule has 5 rings (SSSR count). The van der Waals surface area contributed by atoms with E-state index in [1.807, 2.05) is 37.3 Å². The zero-order chi connectivity index (χ0) is 22.0. The third kappa shape index (κ3) is 2.86. The van der Waals surface area contributed by atoms with E-state index in [-0.39, 0.29) is 28.3 Å². The standard InChI is InChI=1S/C26H29N3O2/c1-16-27-21-8-6-5-7-20(21)24(31)29(16)19-11-9-17(10-12-19)23(30)28-22-15-18-13-14-26(22,4)25(18,2)3/h5-12,18,22H,13-15H2,1-4H3,(H,28,30). The number of hydrogen-bond donors (Lipinski definition) is 1. The molecule has 2 fully saturated rings. The molecule has 0 spiro atoms. The molecule has 31 heavy (non-hydrogen) atoms. The number of rotatable bonds is 3. The predicted molar refractivity (Wildman–Crippen MR) is 123 cm³/mol. The molecule has 5 nitrogen and oxygen atoms in total. The normalized spacial score (nSPS) is 26.3. The van der Waals surface area contributed by atoms with Crippen molar-refractivity contribution in [3.8, 4) is 5.69 Å². The van der Waals surface area contributed by atoms with Crippen LogP contribution in [0.4, 0.5) is 0 Å². The summed E-state index contributed by atoms with van der Waals surface area (Å²) < 4.78 is 1.60. The molecular weight excluding hydrogens is 386 g/mol. The van der Waals surface area contributed by atoms with Gasteiger partial charge in [0, 0.05) is 11.6 Å². The zero-order valence-electron chi connectivity index (χ0n) is 18.6. The van der Waals surface area contributed by atoms with Crippen molar-refractivity contribution < 1.29 is 4.79 Å². The fraction of sp³-hybridized carbons (Fsp3) is 0.423. The molecule has 2 saturated carbocycles. The average molecular weight is 416 g/mol. The minimum absolute atomic E-state index is 0.0400. The van der Waals surface area contributed by atoms with Crippen LogP contribution in [-0.4, -0.2) is 21.5 Å². The molecule has 2 aliphatic carbocycles. The lowest BCUT2D eigenvalue weighted by molar-refractivity contribution is 0.0826. The maximum Gasteiger partial charge on any atom is 0.265 e. The van der Waals surface area contributed by atoms with Crippen LogP contribution in [0, 0.1) is 23.7 Å². The van der Waals surface area contributed by atoms with Crippen molar-refractivity contribution in [2.75, 3.05) is 0 Å². The highest BCUT2D eigenvalue weighted by atomic mass is 16.1. The molecule has 160 valence electrons. The highest BCUT2D eigenvalue weighted by Crippen LogP contribution is 2.65. The van der Waals surface area contributed by atoms with Crippen LogP contribution in [0.5, 0.6) is 0 Å². The average Bonchev–Trinajstić information content (AvgIpc) is 3.08. The first-order chi connectivity index (χ1) is 14.7. The van der Waals surface area contributed by atoms with E-state index in [2.05, 4.69) is 31.1 Å². The molecule has 1 N–H and O–H groups in total. The number of para-hydroxylation sites is 1. The van der Waals surface area contributed by atoms with Crippen molar-refractivity contribution in [3.05, 3.63) is 70.3 Å². The van der Waals surface area contributed by atoms with Crippen LogP contribution in [0.25, 0.3) is 16.6 Å². The Morgan fingerprint density at radius 3 is 2.45 bits per heavy atom. The number of carbonyl (C=O) groups excluding carboxylic acids is 1. The first kappa shape index (κ1) is 20.0. The van der Waals surface area contributed by atoms with Crippen LogP contribution in [0.2, 0.25) is 0 Å². The number of fused-ring (bicyclic) bond motifs is 3. The molecule has 3 aromatic rings. The first-order valence-electron chi connectivity index (χ1n) is 11.1. The van der Waals surface area contributed by atoms with E-state index in [1.54, 1.807) is 22.8 Å². The molecule has 3 atom stereocenters. The van der Waals surface area contributed by atoms with E-state index < -0.39 is 0 Å². The van der Waals surface area contributed by atoms with Gasteiger partial charge >= 0.3 is 0 Å². The maximum atomic E-state index is 13.0. The van der Waals surface area contributed by atoms with Gasteiger partial charge in [-0.2, -0.15) is 0 Å². The van der Waals surface area contributed by atoms with Gasteiger partial charge in [0.25, 0.3) is 11.5 Å². The Morgan fingerprint density at radius 2 is 1.81 bits per heavy atom. The molecule has 0 saturated heterocycles. The number of aromatic nitrogens is 2. The van der Waals surface area contributed by atoms with Crippen molar-refractivity contribution in [2.24, 2.45) is 16.7 Å². The number of amides is 1. The van der Waals surface area contributed by atoms with Gasteiger partial charge in [-0.05, 0) is 79.3 Å². The molecule has 2 aromatic carbocycles. The molecule has 5 heteroatoms. The SMILES string of the molecule is Cc1nc2ccccc2c(=O)n1-c1ccc(C(=O)NC2CC3CCC2(C)C3(C)C)cc1. The van der Waals surface area contributed by atoms with Crippen molar-refractivity contribution in [1.82, 2.24) is 14.9 Å². The first-order valence-corrected chi connectivity index (χ1v) is 11.1. The quantitative estimate of drug-likeness (QED) is 0.678. The molecule has 0 aliphatic heterocycles. The second kappa shape index (κ2) is 6.78. The summed E-state index contributed by atoms with van der Waals surface area (Å²) in [5.74, 6) is 1.26. The van der Waals surface area contributed by atoms with Crippen molar-refractivity contribution >= 4 is 16.8 Å². The smallest absolute Gasteiger partial charge is 0.265 e. The zero-order valence-corrected chi connectivity index (χ0v) is 18.6.